The highest BCUT2D eigenvalue weighted by Crippen LogP contribution is 2.19. The van der Waals surface area contributed by atoms with Crippen LogP contribution >= 0.6 is 11.3 Å². The molecule has 2 aromatic rings. The number of rotatable bonds is 7. The Morgan fingerprint density at radius 2 is 2.05 bits per heavy atom. The molecule has 2 rings (SSSR count). The molecule has 0 saturated carbocycles. The summed E-state index contributed by atoms with van der Waals surface area (Å²) in [5.74, 6) is 1.46. The van der Waals surface area contributed by atoms with E-state index in [0.717, 1.165) is 40.9 Å². The van der Waals surface area contributed by atoms with Crippen molar-refractivity contribution >= 4 is 11.3 Å². The van der Waals surface area contributed by atoms with Gasteiger partial charge >= 0.3 is 0 Å². The second kappa shape index (κ2) is 7.52. The van der Waals surface area contributed by atoms with E-state index in [4.69, 9.17) is 4.74 Å². The molecule has 5 heteroatoms. The molecule has 0 unspecified atom stereocenters. The van der Waals surface area contributed by atoms with E-state index >= 15 is 0 Å². The molecule has 0 fully saturated rings. The van der Waals surface area contributed by atoms with Crippen LogP contribution in [0, 0.1) is 19.8 Å². The van der Waals surface area contributed by atoms with Crippen molar-refractivity contribution in [3.05, 3.63) is 39.6 Å². The van der Waals surface area contributed by atoms with Crippen molar-refractivity contribution in [2.75, 3.05) is 6.54 Å². The maximum Gasteiger partial charge on any atom is 0.142 e. The second-order valence-corrected chi connectivity index (χ2v) is 6.63. The first-order chi connectivity index (χ1) is 10.0. The Morgan fingerprint density at radius 3 is 2.71 bits per heavy atom. The van der Waals surface area contributed by atoms with Gasteiger partial charge < -0.3 is 10.1 Å². The van der Waals surface area contributed by atoms with E-state index in [0.29, 0.717) is 12.5 Å². The van der Waals surface area contributed by atoms with Crippen LogP contribution in [0.2, 0.25) is 0 Å². The summed E-state index contributed by atoms with van der Waals surface area (Å²) in [4.78, 5) is 9.00. The monoisotopic (exact) mass is 305 g/mol. The minimum absolute atomic E-state index is 0.492. The Kier molecular flexibility index (Phi) is 5.70. The third-order valence-corrected chi connectivity index (χ3v) is 3.78. The van der Waals surface area contributed by atoms with E-state index in [9.17, 15) is 0 Å². The lowest BCUT2D eigenvalue weighted by Crippen LogP contribution is -2.20. The molecule has 1 N–H and O–H groups in total. The summed E-state index contributed by atoms with van der Waals surface area (Å²) >= 11 is 1.64. The third kappa shape index (κ3) is 5.10. The Labute approximate surface area is 130 Å². The molecular formula is C16H23N3OS. The van der Waals surface area contributed by atoms with Crippen molar-refractivity contribution in [2.45, 2.75) is 40.8 Å². The van der Waals surface area contributed by atoms with E-state index in [-0.39, 0.29) is 0 Å². The van der Waals surface area contributed by atoms with Crippen LogP contribution in [0.25, 0.3) is 0 Å². The SMILES string of the molecule is Cc1ccc(OCc2csc(C)n2)c(CNCC(C)C)n1. The molecule has 0 saturated heterocycles. The molecule has 0 bridgehead atoms. The minimum atomic E-state index is 0.492. The Morgan fingerprint density at radius 1 is 1.24 bits per heavy atom. The minimum Gasteiger partial charge on any atom is -0.485 e. The molecule has 0 aliphatic carbocycles. The number of pyridine rings is 1. The zero-order chi connectivity index (χ0) is 15.2. The van der Waals surface area contributed by atoms with Crippen LogP contribution in [-0.2, 0) is 13.2 Å². The molecule has 114 valence electrons. The van der Waals surface area contributed by atoms with E-state index in [2.05, 4.69) is 29.1 Å². The molecule has 0 spiro atoms. The predicted octanol–water partition coefficient (Wildman–Crippen LogP) is 3.48. The molecule has 2 aromatic heterocycles. The van der Waals surface area contributed by atoms with Crippen molar-refractivity contribution in [1.29, 1.82) is 0 Å². The molecule has 21 heavy (non-hydrogen) atoms. The van der Waals surface area contributed by atoms with Gasteiger partial charge in [0.05, 0.1) is 16.4 Å². The van der Waals surface area contributed by atoms with Gasteiger partial charge in [-0.15, -0.1) is 11.3 Å². The summed E-state index contributed by atoms with van der Waals surface area (Å²) in [6.45, 7) is 10.6. The lowest BCUT2D eigenvalue weighted by Gasteiger charge is -2.12. The van der Waals surface area contributed by atoms with Crippen LogP contribution in [0.3, 0.4) is 0 Å². The van der Waals surface area contributed by atoms with Crippen molar-refractivity contribution in [2.24, 2.45) is 5.92 Å². The normalized spacial score (nSPS) is 11.1. The fourth-order valence-electron chi connectivity index (χ4n) is 1.96. The molecule has 2 heterocycles. The van der Waals surface area contributed by atoms with E-state index < -0.39 is 0 Å². The van der Waals surface area contributed by atoms with Gasteiger partial charge in [0.2, 0.25) is 0 Å². The van der Waals surface area contributed by atoms with Gasteiger partial charge in [0.15, 0.2) is 0 Å². The quantitative estimate of drug-likeness (QED) is 0.851. The van der Waals surface area contributed by atoms with Gasteiger partial charge in [0.1, 0.15) is 12.4 Å². The van der Waals surface area contributed by atoms with E-state index in [1.807, 2.05) is 31.4 Å². The maximum atomic E-state index is 5.89. The molecule has 0 aliphatic rings. The molecular weight excluding hydrogens is 282 g/mol. The lowest BCUT2D eigenvalue weighted by molar-refractivity contribution is 0.295. The van der Waals surface area contributed by atoms with Gasteiger partial charge in [0.25, 0.3) is 0 Å². The fourth-order valence-corrected chi connectivity index (χ4v) is 2.56. The van der Waals surface area contributed by atoms with Crippen LogP contribution in [0.4, 0.5) is 0 Å². The van der Waals surface area contributed by atoms with Gasteiger partial charge in [-0.2, -0.15) is 0 Å². The number of aromatic nitrogens is 2. The zero-order valence-corrected chi connectivity index (χ0v) is 14.0. The number of nitrogens with one attached hydrogen (secondary N) is 1. The van der Waals surface area contributed by atoms with Crippen molar-refractivity contribution < 1.29 is 4.74 Å². The standard InChI is InChI=1S/C16H23N3OS/c1-11(2)7-17-8-15-16(6-5-12(3)18-15)20-9-14-10-21-13(4)19-14/h5-6,10-11,17H,7-9H2,1-4H3. The Hall–Kier alpha value is -1.46. The van der Waals surface area contributed by atoms with Gasteiger partial charge in [-0.25, -0.2) is 4.98 Å². The molecule has 0 radical (unpaired) electrons. The zero-order valence-electron chi connectivity index (χ0n) is 13.1. The Bertz CT molecular complexity index is 581. The molecule has 0 aromatic carbocycles. The van der Waals surface area contributed by atoms with Crippen molar-refractivity contribution in [3.63, 3.8) is 0 Å². The van der Waals surface area contributed by atoms with E-state index in [1.165, 1.54) is 0 Å². The van der Waals surface area contributed by atoms with Crippen LogP contribution < -0.4 is 10.1 Å². The average molecular weight is 305 g/mol. The largest absolute Gasteiger partial charge is 0.485 e. The molecule has 0 atom stereocenters. The predicted molar refractivity (Wildman–Crippen MR) is 86.7 cm³/mol. The molecule has 0 amide bonds. The van der Waals surface area contributed by atoms with Crippen LogP contribution in [0.1, 0.15) is 35.9 Å². The fraction of sp³-hybridized carbons (Fsp3) is 0.500. The second-order valence-electron chi connectivity index (χ2n) is 5.57. The number of aryl methyl sites for hydroxylation is 2. The summed E-state index contributed by atoms with van der Waals surface area (Å²) in [5.41, 5.74) is 2.94. The smallest absolute Gasteiger partial charge is 0.142 e. The van der Waals surface area contributed by atoms with Gasteiger partial charge in [0, 0.05) is 17.6 Å². The van der Waals surface area contributed by atoms with Gasteiger partial charge in [-0.3, -0.25) is 4.98 Å². The first-order valence-electron chi connectivity index (χ1n) is 7.25. The maximum absolute atomic E-state index is 5.89. The number of hydrogen-bond donors (Lipinski definition) is 1. The Balaban J connectivity index is 2.00. The summed E-state index contributed by atoms with van der Waals surface area (Å²) in [6.07, 6.45) is 0. The lowest BCUT2D eigenvalue weighted by atomic mass is 10.2. The van der Waals surface area contributed by atoms with Crippen molar-refractivity contribution in [3.8, 4) is 5.75 Å². The highest BCUT2D eigenvalue weighted by molar-refractivity contribution is 7.09. The van der Waals surface area contributed by atoms with Gasteiger partial charge in [-0.1, -0.05) is 13.8 Å². The topological polar surface area (TPSA) is 47.0 Å². The summed E-state index contributed by atoms with van der Waals surface area (Å²) in [7, 11) is 0. The molecule has 4 nitrogen and oxygen atoms in total. The number of hydrogen-bond acceptors (Lipinski definition) is 5. The van der Waals surface area contributed by atoms with Gasteiger partial charge in [-0.05, 0) is 38.4 Å². The highest BCUT2D eigenvalue weighted by atomic mass is 32.1. The number of thiazole rings is 1. The number of nitrogens with zero attached hydrogens (tertiary/aromatic N) is 2. The summed E-state index contributed by atoms with van der Waals surface area (Å²) < 4.78 is 5.89. The number of ether oxygens (including phenoxy) is 1. The van der Waals surface area contributed by atoms with Crippen molar-refractivity contribution in [1.82, 2.24) is 15.3 Å². The van der Waals surface area contributed by atoms with Crippen LogP contribution in [0.5, 0.6) is 5.75 Å². The highest BCUT2D eigenvalue weighted by Gasteiger charge is 2.08. The summed E-state index contributed by atoms with van der Waals surface area (Å²) in [6, 6.07) is 3.97. The van der Waals surface area contributed by atoms with E-state index in [1.54, 1.807) is 11.3 Å². The average Bonchev–Trinajstić information content (AvgIpc) is 2.83. The summed E-state index contributed by atoms with van der Waals surface area (Å²) in [5, 5.41) is 6.51. The third-order valence-electron chi connectivity index (χ3n) is 2.96. The molecule has 0 aliphatic heterocycles. The van der Waals surface area contributed by atoms with Crippen LogP contribution in [0.15, 0.2) is 17.5 Å². The van der Waals surface area contributed by atoms with Crippen LogP contribution in [-0.4, -0.2) is 16.5 Å². The first-order valence-corrected chi connectivity index (χ1v) is 8.13. The first kappa shape index (κ1) is 15.9.